The molecule has 1 fully saturated rings. The van der Waals surface area contributed by atoms with Crippen LogP contribution >= 0.6 is 0 Å². The van der Waals surface area contributed by atoms with Crippen LogP contribution in [0, 0.1) is 12.3 Å². The highest BCUT2D eigenvalue weighted by atomic mass is 19.3. The van der Waals surface area contributed by atoms with Crippen molar-refractivity contribution >= 4 is 11.9 Å². The molecule has 0 bridgehead atoms. The highest BCUT2D eigenvalue weighted by Gasteiger charge is 2.59. The normalized spacial score (nSPS) is 17.2. The molecule has 1 heterocycles. The van der Waals surface area contributed by atoms with E-state index in [-0.39, 0.29) is 18.0 Å². The minimum atomic E-state index is -2.75. The Balaban J connectivity index is 2.22. The number of allylic oxidation sites excluding steroid dienone is 1. The van der Waals surface area contributed by atoms with E-state index < -0.39 is 11.3 Å². The quantitative estimate of drug-likeness (QED) is 0.617. The molecule has 0 saturated heterocycles. The summed E-state index contributed by atoms with van der Waals surface area (Å²) < 4.78 is 27.5. The summed E-state index contributed by atoms with van der Waals surface area (Å²) in [5, 5.41) is 0. The fraction of sp³-hybridized carbons (Fsp3) is 0.562. The Hall–Kier alpha value is -1.73. The SMILES string of the molecule is CONCC(=O)c1cnc(/C=C(\C)C2(C(C)(F)F)CC2)c(C)n1. The van der Waals surface area contributed by atoms with Gasteiger partial charge in [-0.05, 0) is 32.8 Å². The molecule has 1 saturated carbocycles. The Labute approximate surface area is 134 Å². The first-order valence-corrected chi connectivity index (χ1v) is 7.40. The van der Waals surface area contributed by atoms with Crippen LogP contribution in [0.3, 0.4) is 0 Å². The highest BCUT2D eigenvalue weighted by molar-refractivity contribution is 5.95. The number of aromatic nitrogens is 2. The maximum atomic E-state index is 13.8. The molecule has 0 amide bonds. The van der Waals surface area contributed by atoms with Gasteiger partial charge in [0, 0.05) is 6.92 Å². The molecule has 0 atom stereocenters. The van der Waals surface area contributed by atoms with Gasteiger partial charge in [-0.3, -0.25) is 9.78 Å². The number of carbonyl (C=O) groups excluding carboxylic acids is 1. The molecule has 0 unspecified atom stereocenters. The molecule has 1 aromatic heterocycles. The van der Waals surface area contributed by atoms with Crippen molar-refractivity contribution in [2.24, 2.45) is 5.41 Å². The van der Waals surface area contributed by atoms with E-state index in [2.05, 4.69) is 20.3 Å². The maximum absolute atomic E-state index is 13.8. The van der Waals surface area contributed by atoms with Crippen molar-refractivity contribution < 1.29 is 18.4 Å². The zero-order chi connectivity index (χ0) is 17.3. The molecular weight excluding hydrogens is 304 g/mol. The number of alkyl halides is 2. The number of carbonyl (C=O) groups is 1. The van der Waals surface area contributed by atoms with Crippen molar-refractivity contribution in [1.29, 1.82) is 0 Å². The summed E-state index contributed by atoms with van der Waals surface area (Å²) in [7, 11) is 1.41. The van der Waals surface area contributed by atoms with Crippen LogP contribution in [0.5, 0.6) is 0 Å². The van der Waals surface area contributed by atoms with Crippen molar-refractivity contribution in [2.45, 2.75) is 39.5 Å². The van der Waals surface area contributed by atoms with Crippen LogP contribution in [0.25, 0.3) is 6.08 Å². The van der Waals surface area contributed by atoms with Crippen molar-refractivity contribution in [3.05, 3.63) is 28.9 Å². The van der Waals surface area contributed by atoms with Gasteiger partial charge in [0.15, 0.2) is 5.78 Å². The summed E-state index contributed by atoms with van der Waals surface area (Å²) in [6, 6.07) is 0. The van der Waals surface area contributed by atoms with E-state index in [9.17, 15) is 13.6 Å². The van der Waals surface area contributed by atoms with Crippen LogP contribution < -0.4 is 5.48 Å². The van der Waals surface area contributed by atoms with E-state index in [1.807, 2.05) is 0 Å². The van der Waals surface area contributed by atoms with E-state index in [0.29, 0.717) is 29.8 Å². The third-order valence-electron chi connectivity index (χ3n) is 4.35. The molecule has 0 aromatic carbocycles. The molecule has 5 nitrogen and oxygen atoms in total. The number of rotatable bonds is 7. The molecule has 7 heteroatoms. The van der Waals surface area contributed by atoms with Gasteiger partial charge in [0.25, 0.3) is 5.92 Å². The lowest BCUT2D eigenvalue weighted by Gasteiger charge is -2.24. The second-order valence-corrected chi connectivity index (χ2v) is 5.97. The average molecular weight is 325 g/mol. The van der Waals surface area contributed by atoms with E-state index in [0.717, 1.165) is 6.92 Å². The predicted octanol–water partition coefficient (Wildman–Crippen LogP) is 2.96. The van der Waals surface area contributed by atoms with Gasteiger partial charge in [0.05, 0.1) is 36.7 Å². The monoisotopic (exact) mass is 325 g/mol. The molecule has 1 N–H and O–H groups in total. The lowest BCUT2D eigenvalue weighted by Crippen LogP contribution is -2.27. The first kappa shape index (κ1) is 17.6. The number of Topliss-reactive ketones (excluding diaryl/α,β-unsaturated/α-hetero) is 1. The van der Waals surface area contributed by atoms with Crippen molar-refractivity contribution in [2.75, 3.05) is 13.7 Å². The molecular formula is C16H21F2N3O2. The zero-order valence-corrected chi connectivity index (χ0v) is 13.7. The minimum Gasteiger partial charge on any atom is -0.305 e. The van der Waals surface area contributed by atoms with Crippen LogP contribution in [0.15, 0.2) is 11.8 Å². The fourth-order valence-electron chi connectivity index (χ4n) is 2.64. The average Bonchev–Trinajstić information content (AvgIpc) is 3.28. The van der Waals surface area contributed by atoms with Crippen molar-refractivity contribution in [1.82, 2.24) is 15.4 Å². The molecule has 0 radical (unpaired) electrons. The summed E-state index contributed by atoms with van der Waals surface area (Å²) in [5.74, 6) is -3.01. The number of hydrogen-bond donors (Lipinski definition) is 1. The topological polar surface area (TPSA) is 64.1 Å². The highest BCUT2D eigenvalue weighted by Crippen LogP contribution is 2.61. The Kier molecular flexibility index (Phi) is 4.91. The number of nitrogens with one attached hydrogen (secondary N) is 1. The number of ketones is 1. The first-order chi connectivity index (χ1) is 10.7. The van der Waals surface area contributed by atoms with Crippen molar-refractivity contribution in [3.8, 4) is 0 Å². The standard InChI is InChI=1S/C16H21F2N3O2/c1-10(16(5-6-16)15(3,17)18)7-12-11(2)21-13(8-19-12)14(22)9-20-23-4/h7-8,20H,5-6,9H2,1-4H3/b10-7+. The lowest BCUT2D eigenvalue weighted by atomic mass is 9.90. The van der Waals surface area contributed by atoms with Gasteiger partial charge in [-0.25, -0.2) is 13.8 Å². The van der Waals surface area contributed by atoms with E-state index >= 15 is 0 Å². The third-order valence-corrected chi connectivity index (χ3v) is 4.35. The summed E-state index contributed by atoms with van der Waals surface area (Å²) in [4.78, 5) is 24.8. The van der Waals surface area contributed by atoms with Gasteiger partial charge in [-0.1, -0.05) is 5.57 Å². The molecule has 1 aromatic rings. The summed E-state index contributed by atoms with van der Waals surface area (Å²) in [6.45, 7) is 4.36. The summed E-state index contributed by atoms with van der Waals surface area (Å²) in [6.07, 6.45) is 3.96. The van der Waals surface area contributed by atoms with Gasteiger partial charge in [0.1, 0.15) is 5.69 Å². The van der Waals surface area contributed by atoms with Crippen LogP contribution in [0.2, 0.25) is 0 Å². The Bertz CT molecular complexity index is 635. The van der Waals surface area contributed by atoms with Crippen LogP contribution in [0.4, 0.5) is 8.78 Å². The van der Waals surface area contributed by atoms with E-state index in [1.54, 1.807) is 19.9 Å². The van der Waals surface area contributed by atoms with Crippen molar-refractivity contribution in [3.63, 3.8) is 0 Å². The Morgan fingerprint density at radius 2 is 2.17 bits per heavy atom. The maximum Gasteiger partial charge on any atom is 0.254 e. The number of halogens is 2. The second-order valence-electron chi connectivity index (χ2n) is 5.97. The molecule has 0 aliphatic heterocycles. The number of hydroxylamine groups is 1. The molecule has 0 spiro atoms. The number of aryl methyl sites for hydroxylation is 1. The largest absolute Gasteiger partial charge is 0.305 e. The number of hydrogen-bond acceptors (Lipinski definition) is 5. The Morgan fingerprint density at radius 3 is 2.65 bits per heavy atom. The number of nitrogens with zero attached hydrogens (tertiary/aromatic N) is 2. The molecule has 1 aliphatic carbocycles. The fourth-order valence-corrected chi connectivity index (χ4v) is 2.64. The van der Waals surface area contributed by atoms with Gasteiger partial charge in [-0.2, -0.15) is 5.48 Å². The summed E-state index contributed by atoms with van der Waals surface area (Å²) >= 11 is 0. The smallest absolute Gasteiger partial charge is 0.254 e. The van der Waals surface area contributed by atoms with Gasteiger partial charge < -0.3 is 4.84 Å². The molecule has 23 heavy (non-hydrogen) atoms. The molecule has 2 rings (SSSR count). The lowest BCUT2D eigenvalue weighted by molar-refractivity contribution is -0.0378. The predicted molar refractivity (Wildman–Crippen MR) is 82.1 cm³/mol. The summed E-state index contributed by atoms with van der Waals surface area (Å²) in [5.41, 5.74) is 3.24. The van der Waals surface area contributed by atoms with E-state index in [4.69, 9.17) is 0 Å². The van der Waals surface area contributed by atoms with Crippen LogP contribution in [-0.2, 0) is 4.84 Å². The molecule has 1 aliphatic rings. The van der Waals surface area contributed by atoms with Gasteiger partial charge in [0.2, 0.25) is 0 Å². The van der Waals surface area contributed by atoms with Crippen LogP contribution in [-0.4, -0.2) is 35.3 Å². The molecule has 126 valence electrons. The van der Waals surface area contributed by atoms with Crippen LogP contribution in [0.1, 0.15) is 48.6 Å². The first-order valence-electron chi connectivity index (χ1n) is 7.40. The zero-order valence-electron chi connectivity index (χ0n) is 13.7. The van der Waals surface area contributed by atoms with Gasteiger partial charge in [-0.15, -0.1) is 0 Å². The third kappa shape index (κ3) is 3.61. The second kappa shape index (κ2) is 6.41. The van der Waals surface area contributed by atoms with Gasteiger partial charge >= 0.3 is 0 Å². The Morgan fingerprint density at radius 1 is 1.52 bits per heavy atom. The minimum absolute atomic E-state index is 0.00992. The van der Waals surface area contributed by atoms with E-state index in [1.165, 1.54) is 13.3 Å².